The number of hydrogen-bond acceptors (Lipinski definition) is 3. The van der Waals surface area contributed by atoms with Gasteiger partial charge in [-0.05, 0) is 62.4 Å². The molecule has 8 heteroatoms. The highest BCUT2D eigenvalue weighted by molar-refractivity contribution is 6.30. The van der Waals surface area contributed by atoms with Gasteiger partial charge in [0.05, 0.1) is 16.9 Å². The van der Waals surface area contributed by atoms with E-state index >= 15 is 0 Å². The number of carbonyl (C=O) groups excluding carboxylic acids is 1. The maximum Gasteiger partial charge on any atom is 0.417 e. The summed E-state index contributed by atoms with van der Waals surface area (Å²) in [4.78, 5) is 16.7. The Morgan fingerprint density at radius 3 is 2.40 bits per heavy atom. The number of nitrogen functional groups attached to an aromatic ring is 1. The predicted molar refractivity (Wildman–Crippen MR) is 112 cm³/mol. The van der Waals surface area contributed by atoms with Crippen LogP contribution < -0.4 is 11.1 Å². The third kappa shape index (κ3) is 5.14. The van der Waals surface area contributed by atoms with Gasteiger partial charge in [-0.1, -0.05) is 24.1 Å². The summed E-state index contributed by atoms with van der Waals surface area (Å²) in [6, 6.07) is 7.86. The second kappa shape index (κ2) is 9.08. The Morgan fingerprint density at radius 1 is 1.23 bits per heavy atom. The molecule has 1 fully saturated rings. The van der Waals surface area contributed by atoms with Gasteiger partial charge in [-0.15, -0.1) is 0 Å². The number of nitrogens with one attached hydrogen (secondary N) is 1. The first-order valence-corrected chi connectivity index (χ1v) is 10.2. The van der Waals surface area contributed by atoms with Crippen molar-refractivity contribution < 1.29 is 18.0 Å². The molecule has 0 atom stereocenters. The second-order valence-electron chi connectivity index (χ2n) is 7.37. The van der Waals surface area contributed by atoms with E-state index in [1.54, 1.807) is 24.3 Å². The van der Waals surface area contributed by atoms with Crippen molar-refractivity contribution in [3.05, 3.63) is 64.0 Å². The first-order valence-electron chi connectivity index (χ1n) is 9.79. The molecule has 3 rings (SSSR count). The molecule has 1 aliphatic carbocycles. The fourth-order valence-electron chi connectivity index (χ4n) is 3.84. The molecule has 0 spiro atoms. The second-order valence-corrected chi connectivity index (χ2v) is 7.80. The van der Waals surface area contributed by atoms with Crippen LogP contribution >= 0.6 is 11.6 Å². The van der Waals surface area contributed by atoms with Crippen LogP contribution in [0.15, 0.2) is 47.7 Å². The average molecular weight is 438 g/mol. The lowest BCUT2D eigenvalue weighted by molar-refractivity contribution is -0.137. The van der Waals surface area contributed by atoms with Crippen molar-refractivity contribution in [3.8, 4) is 0 Å². The van der Waals surface area contributed by atoms with Gasteiger partial charge in [0.1, 0.15) is 0 Å². The number of aromatic nitrogens is 1. The molecule has 1 saturated carbocycles. The molecule has 0 saturated heterocycles. The van der Waals surface area contributed by atoms with Crippen LogP contribution in [0.2, 0.25) is 5.02 Å². The van der Waals surface area contributed by atoms with E-state index in [2.05, 4.69) is 10.3 Å². The molecule has 2 aromatic rings. The predicted octanol–water partition coefficient (Wildman–Crippen LogP) is 6.34. The number of alkyl halides is 3. The topological polar surface area (TPSA) is 68.0 Å². The van der Waals surface area contributed by atoms with Gasteiger partial charge in [0.2, 0.25) is 0 Å². The summed E-state index contributed by atoms with van der Waals surface area (Å²) < 4.78 is 38.5. The summed E-state index contributed by atoms with van der Waals surface area (Å²) >= 11 is 5.87. The standard InChI is InChI=1S/C22H23ClF3N3O/c1-2-18(21(30)29-17-9-7-16(23)8-10-17)13-3-5-14(6-4-13)20-19(27)11-15(12-28-20)22(24,25)26/h7-12,14H,2-6,27H2,1H3,(H,29,30). The average Bonchev–Trinajstić information content (AvgIpc) is 2.70. The van der Waals surface area contributed by atoms with Gasteiger partial charge in [0.15, 0.2) is 0 Å². The van der Waals surface area contributed by atoms with Crippen LogP contribution in [0.5, 0.6) is 0 Å². The minimum Gasteiger partial charge on any atom is -0.397 e. The zero-order chi connectivity index (χ0) is 21.9. The van der Waals surface area contributed by atoms with Gasteiger partial charge >= 0.3 is 6.18 Å². The van der Waals surface area contributed by atoms with Crippen molar-refractivity contribution in [2.75, 3.05) is 11.1 Å². The molecule has 1 aliphatic rings. The smallest absolute Gasteiger partial charge is 0.397 e. The molecule has 30 heavy (non-hydrogen) atoms. The Balaban J connectivity index is 1.70. The number of nitrogens with zero attached hydrogens (tertiary/aromatic N) is 1. The lowest BCUT2D eigenvalue weighted by atomic mass is 9.81. The van der Waals surface area contributed by atoms with E-state index in [0.29, 0.717) is 48.5 Å². The number of anilines is 2. The molecule has 0 unspecified atom stereocenters. The highest BCUT2D eigenvalue weighted by Gasteiger charge is 2.32. The van der Waals surface area contributed by atoms with Gasteiger partial charge in [-0.2, -0.15) is 13.2 Å². The van der Waals surface area contributed by atoms with E-state index in [-0.39, 0.29) is 17.5 Å². The zero-order valence-corrected chi connectivity index (χ0v) is 17.3. The Kier molecular flexibility index (Phi) is 6.71. The number of benzene rings is 1. The van der Waals surface area contributed by atoms with Crippen molar-refractivity contribution in [2.45, 2.75) is 51.1 Å². The number of amides is 1. The molecule has 160 valence electrons. The molecule has 4 nitrogen and oxygen atoms in total. The van der Waals surface area contributed by atoms with Crippen LogP contribution in [0.4, 0.5) is 24.5 Å². The van der Waals surface area contributed by atoms with Crippen LogP contribution in [0.3, 0.4) is 0 Å². The minimum atomic E-state index is -4.46. The highest BCUT2D eigenvalue weighted by atomic mass is 35.5. The third-order valence-electron chi connectivity index (χ3n) is 5.41. The molecule has 3 N–H and O–H groups in total. The molecule has 1 amide bonds. The number of pyridine rings is 1. The Morgan fingerprint density at radius 2 is 1.87 bits per heavy atom. The zero-order valence-electron chi connectivity index (χ0n) is 16.5. The summed E-state index contributed by atoms with van der Waals surface area (Å²) in [5, 5.41) is 3.49. The number of rotatable bonds is 4. The summed E-state index contributed by atoms with van der Waals surface area (Å²) in [5.74, 6) is -0.158. The SMILES string of the molecule is CCC(C(=O)Nc1ccc(Cl)cc1)=C1CCC(c2ncc(C(F)(F)F)cc2N)CC1. The van der Waals surface area contributed by atoms with Crippen LogP contribution in [0, 0.1) is 0 Å². The molecule has 0 aliphatic heterocycles. The van der Waals surface area contributed by atoms with Gasteiger partial charge in [0, 0.05) is 28.4 Å². The Bertz CT molecular complexity index is 945. The van der Waals surface area contributed by atoms with E-state index in [9.17, 15) is 18.0 Å². The largest absolute Gasteiger partial charge is 0.417 e. The molecular weight excluding hydrogens is 415 g/mol. The monoisotopic (exact) mass is 437 g/mol. The lowest BCUT2D eigenvalue weighted by Gasteiger charge is -2.26. The maximum atomic E-state index is 12.8. The van der Waals surface area contributed by atoms with Crippen molar-refractivity contribution in [3.63, 3.8) is 0 Å². The fourth-order valence-corrected chi connectivity index (χ4v) is 3.97. The van der Waals surface area contributed by atoms with Gasteiger partial charge in [-0.25, -0.2) is 0 Å². The van der Waals surface area contributed by atoms with Crippen LogP contribution in [-0.2, 0) is 11.0 Å². The van der Waals surface area contributed by atoms with Crippen molar-refractivity contribution in [1.29, 1.82) is 0 Å². The summed E-state index contributed by atoms with van der Waals surface area (Å²) in [5.41, 5.74) is 8.09. The van der Waals surface area contributed by atoms with Gasteiger partial charge in [0.25, 0.3) is 5.91 Å². The lowest BCUT2D eigenvalue weighted by Crippen LogP contribution is -2.19. The van der Waals surface area contributed by atoms with Crippen LogP contribution in [0.25, 0.3) is 0 Å². The fraction of sp³-hybridized carbons (Fsp3) is 0.364. The van der Waals surface area contributed by atoms with Crippen LogP contribution in [0.1, 0.15) is 56.2 Å². The quantitative estimate of drug-likeness (QED) is 0.548. The highest BCUT2D eigenvalue weighted by Crippen LogP contribution is 2.40. The normalized spacial score (nSPS) is 17.0. The van der Waals surface area contributed by atoms with E-state index in [4.69, 9.17) is 17.3 Å². The van der Waals surface area contributed by atoms with E-state index < -0.39 is 11.7 Å². The number of allylic oxidation sites excluding steroid dienone is 1. The molecule has 0 radical (unpaired) electrons. The van der Waals surface area contributed by atoms with Crippen LogP contribution in [-0.4, -0.2) is 10.9 Å². The summed E-state index contributed by atoms with van der Waals surface area (Å²) in [6.45, 7) is 1.94. The first-order chi connectivity index (χ1) is 14.2. The minimum absolute atomic E-state index is 0.0199. The van der Waals surface area contributed by atoms with Crippen molar-refractivity contribution >= 4 is 28.9 Å². The van der Waals surface area contributed by atoms with E-state index in [0.717, 1.165) is 23.4 Å². The number of hydrogen-bond donors (Lipinski definition) is 2. The molecule has 0 bridgehead atoms. The Labute approximate surface area is 178 Å². The molecule has 1 aromatic carbocycles. The first kappa shape index (κ1) is 22.2. The third-order valence-corrected chi connectivity index (χ3v) is 5.66. The molecular formula is C22H23ClF3N3O. The Hall–Kier alpha value is -2.54. The van der Waals surface area contributed by atoms with Gasteiger partial charge < -0.3 is 11.1 Å². The van der Waals surface area contributed by atoms with Crippen molar-refractivity contribution in [1.82, 2.24) is 4.98 Å². The van der Waals surface area contributed by atoms with Crippen molar-refractivity contribution in [2.24, 2.45) is 0 Å². The number of nitrogens with two attached hydrogens (primary N) is 1. The van der Waals surface area contributed by atoms with E-state index in [1.807, 2.05) is 6.92 Å². The summed E-state index contributed by atoms with van der Waals surface area (Å²) in [7, 11) is 0. The summed E-state index contributed by atoms with van der Waals surface area (Å²) in [6.07, 6.45) is -0.275. The molecule has 1 aromatic heterocycles. The maximum absolute atomic E-state index is 12.8. The number of halogens is 4. The van der Waals surface area contributed by atoms with E-state index in [1.165, 1.54) is 0 Å². The molecule has 1 heterocycles. The van der Waals surface area contributed by atoms with Gasteiger partial charge in [-0.3, -0.25) is 9.78 Å². The number of carbonyl (C=O) groups is 1.